The van der Waals surface area contributed by atoms with Gasteiger partial charge < -0.3 is 19.7 Å². The van der Waals surface area contributed by atoms with Crippen molar-refractivity contribution >= 4 is 39.1 Å². The number of amides is 3. The van der Waals surface area contributed by atoms with Gasteiger partial charge in [-0.25, -0.2) is 9.00 Å². The van der Waals surface area contributed by atoms with Gasteiger partial charge in [0.05, 0.1) is 24.2 Å². The van der Waals surface area contributed by atoms with Crippen LogP contribution in [-0.2, 0) is 27.5 Å². The summed E-state index contributed by atoms with van der Waals surface area (Å²) in [6.07, 6.45) is 13.4. The number of rotatable bonds is 3. The molecule has 0 saturated heterocycles. The minimum absolute atomic E-state index is 0.0387. The van der Waals surface area contributed by atoms with E-state index in [-0.39, 0.29) is 23.8 Å². The topological polar surface area (TPSA) is 109 Å². The normalized spacial score (nSPS) is 29.1. The molecule has 48 heavy (non-hydrogen) atoms. The minimum atomic E-state index is -3.43. The van der Waals surface area contributed by atoms with Gasteiger partial charge in [-0.05, 0) is 123 Å². The Balaban J connectivity index is 1.39. The van der Waals surface area contributed by atoms with Gasteiger partial charge in [-0.1, -0.05) is 36.7 Å². The highest BCUT2D eigenvalue weighted by atomic mass is 35.5. The van der Waals surface area contributed by atoms with E-state index in [1.165, 1.54) is 11.1 Å². The third-order valence-corrected chi connectivity index (χ3v) is 12.6. The zero-order valence-electron chi connectivity index (χ0n) is 28.1. The Labute approximate surface area is 290 Å². The molecule has 2 aliphatic heterocycles. The van der Waals surface area contributed by atoms with Crippen LogP contribution in [0.1, 0.15) is 79.8 Å². The number of hydrogen-bond donors (Lipinski definition) is 2. The second-order valence-electron chi connectivity index (χ2n) is 14.0. The van der Waals surface area contributed by atoms with E-state index in [1.54, 1.807) is 13.2 Å². The van der Waals surface area contributed by atoms with Gasteiger partial charge in [0.1, 0.15) is 15.7 Å². The van der Waals surface area contributed by atoms with E-state index < -0.39 is 21.9 Å². The van der Waals surface area contributed by atoms with Crippen molar-refractivity contribution in [3.05, 3.63) is 70.3 Å². The molecule has 5 atom stereocenters. The maximum Gasteiger partial charge on any atom is 0.327 e. The van der Waals surface area contributed by atoms with Gasteiger partial charge in [-0.2, -0.15) is 0 Å². The number of benzene rings is 2. The van der Waals surface area contributed by atoms with Crippen LogP contribution in [0.4, 0.5) is 10.5 Å². The van der Waals surface area contributed by atoms with Crippen molar-refractivity contribution in [2.75, 3.05) is 37.5 Å². The van der Waals surface area contributed by atoms with Crippen molar-refractivity contribution in [1.82, 2.24) is 10.0 Å². The molecule has 2 aromatic carbocycles. The number of methoxy groups -OCH3 is 1. The quantitative estimate of drug-likeness (QED) is 0.331. The number of ether oxygens (including phenoxy) is 2. The SMILES string of the molecule is CO[C@H]1/C=C/C[C@H](C)CS(=O)(NC(=O)NC2CCC2)=NC(=O)c2ccc3c(c2)N(CCc2ccc(Cl)cc2CCCCO3)C[C@@H]2CC[C@H]21. The van der Waals surface area contributed by atoms with Crippen molar-refractivity contribution in [2.45, 2.75) is 83.3 Å². The van der Waals surface area contributed by atoms with Gasteiger partial charge in [-0.3, -0.25) is 9.52 Å². The molecule has 0 aromatic heterocycles. The Morgan fingerprint density at radius 2 is 1.92 bits per heavy atom. The van der Waals surface area contributed by atoms with Gasteiger partial charge in [0.25, 0.3) is 5.91 Å². The number of nitrogens with one attached hydrogen (secondary N) is 2. The van der Waals surface area contributed by atoms with Crippen molar-refractivity contribution < 1.29 is 23.3 Å². The Bertz CT molecular complexity index is 1640. The number of carbonyl (C=O) groups is 2. The minimum Gasteiger partial charge on any atom is -0.491 e. The molecule has 2 heterocycles. The zero-order valence-corrected chi connectivity index (χ0v) is 29.7. The fraction of sp³-hybridized carbons (Fsp3) is 0.568. The summed E-state index contributed by atoms with van der Waals surface area (Å²) in [5.41, 5.74) is 3.68. The van der Waals surface area contributed by atoms with E-state index in [0.717, 1.165) is 80.8 Å². The molecule has 0 spiro atoms. The summed E-state index contributed by atoms with van der Waals surface area (Å²) in [7, 11) is -1.67. The van der Waals surface area contributed by atoms with E-state index in [2.05, 4.69) is 43.6 Å². The van der Waals surface area contributed by atoms with Gasteiger partial charge in [0, 0.05) is 36.8 Å². The molecule has 11 heteroatoms. The fourth-order valence-electron chi connectivity index (χ4n) is 7.29. The Morgan fingerprint density at radius 1 is 1.06 bits per heavy atom. The molecule has 2 bridgehead atoms. The van der Waals surface area contributed by atoms with Crippen LogP contribution in [0.3, 0.4) is 0 Å². The van der Waals surface area contributed by atoms with Crippen LogP contribution < -0.4 is 19.7 Å². The molecule has 3 amide bonds. The number of halogens is 1. The second-order valence-corrected chi connectivity index (χ2v) is 16.4. The lowest BCUT2D eigenvalue weighted by Crippen LogP contribution is -2.48. The predicted octanol–water partition coefficient (Wildman–Crippen LogP) is 7.12. The maximum absolute atomic E-state index is 14.3. The average molecular weight is 697 g/mol. The summed E-state index contributed by atoms with van der Waals surface area (Å²) in [4.78, 5) is 29.1. The predicted molar refractivity (Wildman–Crippen MR) is 191 cm³/mol. The van der Waals surface area contributed by atoms with Gasteiger partial charge in [0.15, 0.2) is 0 Å². The first-order valence-electron chi connectivity index (χ1n) is 17.6. The molecule has 2 N–H and O–H groups in total. The molecule has 1 unspecified atom stereocenters. The van der Waals surface area contributed by atoms with Crippen molar-refractivity contribution in [3.8, 4) is 5.75 Å². The van der Waals surface area contributed by atoms with E-state index in [9.17, 15) is 13.8 Å². The van der Waals surface area contributed by atoms with Crippen LogP contribution in [0, 0.1) is 17.8 Å². The van der Waals surface area contributed by atoms with Gasteiger partial charge in [0.2, 0.25) is 0 Å². The molecule has 260 valence electrons. The lowest BCUT2D eigenvalue weighted by Gasteiger charge is -2.43. The molecule has 6 rings (SSSR count). The van der Waals surface area contributed by atoms with Crippen molar-refractivity contribution in [2.24, 2.45) is 22.1 Å². The third kappa shape index (κ3) is 8.55. The first-order valence-corrected chi connectivity index (χ1v) is 19.6. The first-order chi connectivity index (χ1) is 23.2. The molecular weight excluding hydrogens is 648 g/mol. The molecule has 2 saturated carbocycles. The molecule has 9 nitrogen and oxygen atoms in total. The summed E-state index contributed by atoms with van der Waals surface area (Å²) in [6.45, 7) is 4.01. The number of hydrogen-bond acceptors (Lipinski definition) is 6. The number of aryl methyl sites for hydroxylation is 1. The van der Waals surface area contributed by atoms with Gasteiger partial charge in [-0.15, -0.1) is 4.36 Å². The number of carbonyl (C=O) groups excluding carboxylic acids is 2. The monoisotopic (exact) mass is 696 g/mol. The van der Waals surface area contributed by atoms with Crippen LogP contribution in [0.25, 0.3) is 0 Å². The molecule has 2 aromatic rings. The van der Waals surface area contributed by atoms with E-state index in [0.29, 0.717) is 37.0 Å². The molecular formula is C37H49ClN4O5S. The average Bonchev–Trinajstić information content (AvgIpc) is 3.01. The van der Waals surface area contributed by atoms with Crippen LogP contribution in [0.2, 0.25) is 5.02 Å². The first kappa shape index (κ1) is 34.8. The number of fused-ring (bicyclic) bond motifs is 3. The molecule has 2 fully saturated rings. The maximum atomic E-state index is 14.3. The largest absolute Gasteiger partial charge is 0.491 e. The lowest BCUT2D eigenvalue weighted by molar-refractivity contribution is 0.0135. The Kier molecular flexibility index (Phi) is 11.3. The highest BCUT2D eigenvalue weighted by molar-refractivity contribution is 7.92. The molecule has 0 radical (unpaired) electrons. The number of anilines is 1. The summed E-state index contributed by atoms with van der Waals surface area (Å²) in [6, 6.07) is 11.1. The molecule has 4 aliphatic rings. The van der Waals surface area contributed by atoms with E-state index in [4.69, 9.17) is 21.1 Å². The highest BCUT2D eigenvalue weighted by Gasteiger charge is 2.38. The standard InChI is InChI=1S/C37H49ClN4O5S/c1-25-7-5-11-34(46-2)32-16-13-29(32)23-42-19-18-26-12-15-30(38)21-27(26)8-3-4-20-47-35-17-14-28(22-33(35)42)36(43)40-48(45,24-25)41-37(44)39-31-9-6-10-31/h5,11-12,14-15,17,21-22,25,29,31-32,34H,3-4,6-10,13,16,18-20,23-24H2,1-2H3,(H2,39,40,41,43,44,45)/b11-5+/t25-,29-,32+,34-,48?/m0/s1. The zero-order chi connectivity index (χ0) is 33.7. The second kappa shape index (κ2) is 15.6. The van der Waals surface area contributed by atoms with Crippen molar-refractivity contribution in [3.63, 3.8) is 0 Å². The van der Waals surface area contributed by atoms with Crippen LogP contribution in [-0.4, -0.2) is 60.9 Å². The Morgan fingerprint density at radius 3 is 2.67 bits per heavy atom. The molecule has 2 aliphatic carbocycles. The van der Waals surface area contributed by atoms with Crippen LogP contribution in [0.5, 0.6) is 5.75 Å². The van der Waals surface area contributed by atoms with Crippen LogP contribution in [0.15, 0.2) is 52.9 Å². The Hall–Kier alpha value is -3.08. The highest BCUT2D eigenvalue weighted by Crippen LogP contribution is 2.41. The fourth-order valence-corrected chi connectivity index (χ4v) is 9.32. The number of allylic oxidation sites excluding steroid dienone is 1. The van der Waals surface area contributed by atoms with Crippen molar-refractivity contribution in [1.29, 1.82) is 0 Å². The lowest BCUT2D eigenvalue weighted by atomic mass is 9.70. The number of nitrogens with zero attached hydrogens (tertiary/aromatic N) is 2. The van der Waals surface area contributed by atoms with E-state index in [1.807, 2.05) is 25.1 Å². The summed E-state index contributed by atoms with van der Waals surface area (Å²) < 4.78 is 33.6. The van der Waals surface area contributed by atoms with E-state index >= 15 is 0 Å². The van der Waals surface area contributed by atoms with Gasteiger partial charge >= 0.3 is 6.03 Å². The smallest absolute Gasteiger partial charge is 0.327 e. The number of urea groups is 1. The summed E-state index contributed by atoms with van der Waals surface area (Å²) >= 11 is 6.41. The summed E-state index contributed by atoms with van der Waals surface area (Å²) in [5.74, 6) is 0.803. The third-order valence-electron chi connectivity index (χ3n) is 10.4. The summed E-state index contributed by atoms with van der Waals surface area (Å²) in [5, 5.41) is 3.63. The van der Waals surface area contributed by atoms with Crippen LogP contribution >= 0.6 is 11.6 Å².